The molecule has 1 N–H and O–H groups in total. The predicted octanol–water partition coefficient (Wildman–Crippen LogP) is 3.62. The maximum absolute atomic E-state index is 11.7. The standard InChI is InChI=1S/C20H16O4/c1-4-12-9-13(5-7-15(12)19(22)23)14-6-8-17-16(10-14)20(2,3)11-18(21)24-17/h1,5-10H,11H2,2-3H3,(H,22,23). The molecule has 0 fully saturated rings. The molecule has 1 heterocycles. The fourth-order valence-corrected chi connectivity index (χ4v) is 2.97. The summed E-state index contributed by atoms with van der Waals surface area (Å²) in [5.41, 5.74) is 2.79. The number of carbonyl (C=O) groups is 2. The van der Waals surface area contributed by atoms with E-state index in [4.69, 9.17) is 16.3 Å². The molecule has 0 aromatic heterocycles. The summed E-state index contributed by atoms with van der Waals surface area (Å²) < 4.78 is 5.30. The van der Waals surface area contributed by atoms with Crippen molar-refractivity contribution in [1.82, 2.24) is 0 Å². The molecule has 0 saturated heterocycles. The van der Waals surface area contributed by atoms with Crippen molar-refractivity contribution in [2.24, 2.45) is 0 Å². The monoisotopic (exact) mass is 320 g/mol. The van der Waals surface area contributed by atoms with Gasteiger partial charge in [-0.25, -0.2) is 4.79 Å². The van der Waals surface area contributed by atoms with Crippen molar-refractivity contribution in [2.75, 3.05) is 0 Å². The van der Waals surface area contributed by atoms with Crippen LogP contribution in [0.25, 0.3) is 11.1 Å². The zero-order chi connectivity index (χ0) is 17.5. The highest BCUT2D eigenvalue weighted by molar-refractivity contribution is 5.92. The molecule has 4 heteroatoms. The average molecular weight is 320 g/mol. The van der Waals surface area contributed by atoms with Gasteiger partial charge in [-0.1, -0.05) is 31.9 Å². The van der Waals surface area contributed by atoms with Crippen LogP contribution in [0.5, 0.6) is 5.75 Å². The number of carboxylic acid groups (broad SMARTS) is 1. The lowest BCUT2D eigenvalue weighted by atomic mass is 9.78. The minimum absolute atomic E-state index is 0.105. The van der Waals surface area contributed by atoms with E-state index in [0.717, 1.165) is 16.7 Å². The number of benzene rings is 2. The third-order valence-corrected chi connectivity index (χ3v) is 4.26. The van der Waals surface area contributed by atoms with Gasteiger partial charge >= 0.3 is 11.9 Å². The van der Waals surface area contributed by atoms with E-state index in [0.29, 0.717) is 17.7 Å². The summed E-state index contributed by atoms with van der Waals surface area (Å²) in [7, 11) is 0. The Morgan fingerprint density at radius 2 is 1.88 bits per heavy atom. The Morgan fingerprint density at radius 1 is 1.21 bits per heavy atom. The van der Waals surface area contributed by atoms with Gasteiger partial charge in [0.1, 0.15) is 5.75 Å². The normalized spacial score (nSPS) is 15.1. The molecule has 2 aromatic carbocycles. The van der Waals surface area contributed by atoms with Crippen LogP contribution in [0.3, 0.4) is 0 Å². The molecule has 4 nitrogen and oxygen atoms in total. The Hall–Kier alpha value is -3.06. The summed E-state index contributed by atoms with van der Waals surface area (Å²) in [5.74, 6) is 1.71. The van der Waals surface area contributed by atoms with Crippen molar-refractivity contribution >= 4 is 11.9 Å². The maximum Gasteiger partial charge on any atom is 0.336 e. The number of ether oxygens (including phenoxy) is 1. The fraction of sp³-hybridized carbons (Fsp3) is 0.200. The first kappa shape index (κ1) is 15.8. The molecule has 1 aliphatic heterocycles. The fourth-order valence-electron chi connectivity index (χ4n) is 2.97. The SMILES string of the molecule is C#Cc1cc(-c2ccc3c(c2)C(C)(C)CC(=O)O3)ccc1C(=O)O. The molecule has 0 amide bonds. The van der Waals surface area contributed by atoms with Gasteiger partial charge in [0.2, 0.25) is 0 Å². The number of terminal acetylenes is 1. The first-order valence-corrected chi connectivity index (χ1v) is 7.51. The summed E-state index contributed by atoms with van der Waals surface area (Å²) in [6.07, 6.45) is 5.75. The molecule has 0 atom stereocenters. The summed E-state index contributed by atoms with van der Waals surface area (Å²) >= 11 is 0. The molecule has 24 heavy (non-hydrogen) atoms. The Balaban J connectivity index is 2.11. The molecular weight excluding hydrogens is 304 g/mol. The highest BCUT2D eigenvalue weighted by atomic mass is 16.5. The van der Waals surface area contributed by atoms with Crippen LogP contribution < -0.4 is 4.74 Å². The van der Waals surface area contributed by atoms with Crippen LogP contribution in [0.1, 0.15) is 41.8 Å². The van der Waals surface area contributed by atoms with Crippen LogP contribution in [0.4, 0.5) is 0 Å². The number of carboxylic acids is 1. The van der Waals surface area contributed by atoms with Crippen LogP contribution in [0.2, 0.25) is 0 Å². The third kappa shape index (κ3) is 2.65. The highest BCUT2D eigenvalue weighted by Gasteiger charge is 2.33. The van der Waals surface area contributed by atoms with E-state index in [1.165, 1.54) is 6.07 Å². The van der Waals surface area contributed by atoms with Crippen molar-refractivity contribution in [3.8, 4) is 29.2 Å². The number of esters is 1. The zero-order valence-electron chi connectivity index (χ0n) is 13.4. The minimum atomic E-state index is -1.05. The summed E-state index contributed by atoms with van der Waals surface area (Å²) in [5, 5.41) is 9.17. The highest BCUT2D eigenvalue weighted by Crippen LogP contribution is 2.41. The van der Waals surface area contributed by atoms with Crippen molar-refractivity contribution in [3.63, 3.8) is 0 Å². The van der Waals surface area contributed by atoms with E-state index in [1.54, 1.807) is 18.2 Å². The maximum atomic E-state index is 11.7. The molecule has 120 valence electrons. The van der Waals surface area contributed by atoms with E-state index in [1.807, 2.05) is 26.0 Å². The van der Waals surface area contributed by atoms with Crippen LogP contribution in [0.15, 0.2) is 36.4 Å². The molecule has 1 aliphatic rings. The van der Waals surface area contributed by atoms with E-state index in [2.05, 4.69) is 5.92 Å². The second-order valence-electron chi connectivity index (χ2n) is 6.46. The second kappa shape index (κ2) is 5.54. The predicted molar refractivity (Wildman–Crippen MR) is 90.1 cm³/mol. The Labute approximate surface area is 140 Å². The first-order chi connectivity index (χ1) is 11.3. The lowest BCUT2D eigenvalue weighted by Gasteiger charge is -2.31. The Morgan fingerprint density at radius 3 is 2.54 bits per heavy atom. The van der Waals surface area contributed by atoms with Crippen molar-refractivity contribution < 1.29 is 19.4 Å². The van der Waals surface area contributed by atoms with Gasteiger partial charge in [-0.3, -0.25) is 4.79 Å². The minimum Gasteiger partial charge on any atom is -0.478 e. The van der Waals surface area contributed by atoms with E-state index in [-0.39, 0.29) is 16.9 Å². The summed E-state index contributed by atoms with van der Waals surface area (Å²) in [6.45, 7) is 3.99. The molecule has 0 bridgehead atoms. The summed E-state index contributed by atoms with van der Waals surface area (Å²) in [4.78, 5) is 22.9. The van der Waals surface area contributed by atoms with Crippen LogP contribution >= 0.6 is 0 Å². The number of hydrogen-bond acceptors (Lipinski definition) is 3. The van der Waals surface area contributed by atoms with Gasteiger partial charge in [0.05, 0.1) is 12.0 Å². The van der Waals surface area contributed by atoms with E-state index >= 15 is 0 Å². The average Bonchev–Trinajstić information content (AvgIpc) is 2.53. The van der Waals surface area contributed by atoms with Crippen molar-refractivity contribution in [2.45, 2.75) is 25.7 Å². The lowest BCUT2D eigenvalue weighted by Crippen LogP contribution is -2.30. The lowest BCUT2D eigenvalue weighted by molar-refractivity contribution is -0.136. The molecule has 2 aromatic rings. The van der Waals surface area contributed by atoms with Gasteiger partial charge in [0, 0.05) is 16.5 Å². The quantitative estimate of drug-likeness (QED) is 0.521. The smallest absolute Gasteiger partial charge is 0.336 e. The number of rotatable bonds is 2. The summed E-state index contributed by atoms with van der Waals surface area (Å²) in [6, 6.07) is 10.5. The molecule has 0 unspecified atom stereocenters. The largest absolute Gasteiger partial charge is 0.478 e. The number of carbonyl (C=O) groups excluding carboxylic acids is 1. The molecule has 0 saturated carbocycles. The topological polar surface area (TPSA) is 63.6 Å². The van der Waals surface area contributed by atoms with E-state index in [9.17, 15) is 9.59 Å². The molecule has 3 rings (SSSR count). The van der Waals surface area contributed by atoms with Gasteiger partial charge in [0.15, 0.2) is 0 Å². The zero-order valence-corrected chi connectivity index (χ0v) is 13.4. The molecular formula is C20H16O4. The Bertz CT molecular complexity index is 900. The molecule has 0 aliphatic carbocycles. The third-order valence-electron chi connectivity index (χ3n) is 4.26. The number of aromatic carboxylic acids is 1. The van der Waals surface area contributed by atoms with E-state index < -0.39 is 5.97 Å². The van der Waals surface area contributed by atoms with Crippen LogP contribution in [0, 0.1) is 12.3 Å². The van der Waals surface area contributed by atoms with Gasteiger partial charge in [-0.05, 0) is 35.4 Å². The van der Waals surface area contributed by atoms with Crippen molar-refractivity contribution in [1.29, 1.82) is 0 Å². The second-order valence-corrected chi connectivity index (χ2v) is 6.46. The van der Waals surface area contributed by atoms with Crippen LogP contribution in [-0.4, -0.2) is 17.0 Å². The molecule has 0 radical (unpaired) electrons. The van der Waals surface area contributed by atoms with Crippen molar-refractivity contribution in [3.05, 3.63) is 53.1 Å². The molecule has 0 spiro atoms. The van der Waals surface area contributed by atoms with Crippen LogP contribution in [-0.2, 0) is 10.2 Å². The van der Waals surface area contributed by atoms with Gasteiger partial charge < -0.3 is 9.84 Å². The first-order valence-electron chi connectivity index (χ1n) is 7.51. The number of hydrogen-bond donors (Lipinski definition) is 1. The van der Waals surface area contributed by atoms with Gasteiger partial charge in [0.25, 0.3) is 0 Å². The van der Waals surface area contributed by atoms with Gasteiger partial charge in [-0.2, -0.15) is 0 Å². The van der Waals surface area contributed by atoms with Gasteiger partial charge in [-0.15, -0.1) is 6.42 Å². The number of fused-ring (bicyclic) bond motifs is 1. The Kier molecular flexibility index (Phi) is 3.65.